The molecule has 2 unspecified atom stereocenters. The molecule has 6 heteroatoms. The van der Waals surface area contributed by atoms with Gasteiger partial charge in [-0.05, 0) is 50.7 Å². The second-order valence-corrected chi connectivity index (χ2v) is 8.24. The molecule has 0 radical (unpaired) electrons. The number of benzene rings is 1. The summed E-state index contributed by atoms with van der Waals surface area (Å²) in [7, 11) is 0. The largest absolute Gasteiger partial charge is 0.395 e. The molecule has 158 valence electrons. The molecule has 1 aromatic carbocycles. The van der Waals surface area contributed by atoms with Crippen LogP contribution in [0.1, 0.15) is 57.8 Å². The van der Waals surface area contributed by atoms with Crippen molar-refractivity contribution >= 4 is 5.69 Å². The minimum Gasteiger partial charge on any atom is -0.395 e. The standard InChI is InChI=1S/C22H38N4O2/c23-26(20-10-5-2-6-11-20)21-12-7-13-22(18-21)28-17-15-25(14-16-27)24-19-8-3-1-4-9-19/h1,3-4,8-9,20-22,24,27H,2,5-7,10-18,23H2. The number of aliphatic hydroxyl groups is 1. The summed E-state index contributed by atoms with van der Waals surface area (Å²) in [5.41, 5.74) is 4.38. The highest BCUT2D eigenvalue weighted by atomic mass is 16.5. The van der Waals surface area contributed by atoms with Gasteiger partial charge in [-0.15, -0.1) is 0 Å². The molecule has 2 aliphatic rings. The molecule has 0 heterocycles. The number of nitrogens with two attached hydrogens (primary N) is 1. The van der Waals surface area contributed by atoms with Gasteiger partial charge in [0.1, 0.15) is 0 Å². The number of hydrogen-bond acceptors (Lipinski definition) is 6. The van der Waals surface area contributed by atoms with Crippen LogP contribution in [0.15, 0.2) is 30.3 Å². The number of ether oxygens (including phenoxy) is 1. The first kappa shape index (κ1) is 21.5. The maximum absolute atomic E-state index is 9.34. The van der Waals surface area contributed by atoms with Gasteiger partial charge in [-0.25, -0.2) is 10.0 Å². The molecule has 28 heavy (non-hydrogen) atoms. The minimum atomic E-state index is 0.120. The highest BCUT2D eigenvalue weighted by Crippen LogP contribution is 2.29. The number of aliphatic hydroxyl groups excluding tert-OH is 1. The Morgan fingerprint density at radius 1 is 0.964 bits per heavy atom. The summed E-state index contributed by atoms with van der Waals surface area (Å²) in [6, 6.07) is 11.1. The zero-order valence-electron chi connectivity index (χ0n) is 17.1. The van der Waals surface area contributed by atoms with Gasteiger partial charge < -0.3 is 15.3 Å². The number of nitrogens with one attached hydrogen (secondary N) is 1. The van der Waals surface area contributed by atoms with Crippen LogP contribution in [0, 0.1) is 0 Å². The van der Waals surface area contributed by atoms with E-state index in [0.717, 1.165) is 25.1 Å². The highest BCUT2D eigenvalue weighted by molar-refractivity contribution is 5.41. The summed E-state index contributed by atoms with van der Waals surface area (Å²) in [6.07, 6.45) is 11.3. The van der Waals surface area contributed by atoms with Gasteiger partial charge >= 0.3 is 0 Å². The number of nitrogens with zero attached hydrogens (tertiary/aromatic N) is 2. The Balaban J connectivity index is 1.41. The van der Waals surface area contributed by atoms with Crippen molar-refractivity contribution in [3.05, 3.63) is 30.3 Å². The van der Waals surface area contributed by atoms with E-state index in [1.165, 1.54) is 44.9 Å². The number of anilines is 1. The number of para-hydroxylation sites is 1. The van der Waals surface area contributed by atoms with Crippen molar-refractivity contribution in [2.24, 2.45) is 5.84 Å². The molecule has 4 N–H and O–H groups in total. The predicted molar refractivity (Wildman–Crippen MR) is 114 cm³/mol. The summed E-state index contributed by atoms with van der Waals surface area (Å²) < 4.78 is 6.22. The Labute approximate surface area is 170 Å². The molecule has 0 amide bonds. The van der Waals surface area contributed by atoms with Gasteiger partial charge in [0.2, 0.25) is 0 Å². The fourth-order valence-corrected chi connectivity index (χ4v) is 4.59. The fourth-order valence-electron chi connectivity index (χ4n) is 4.59. The molecule has 0 spiro atoms. The lowest BCUT2D eigenvalue weighted by atomic mass is 9.89. The van der Waals surface area contributed by atoms with E-state index >= 15 is 0 Å². The van der Waals surface area contributed by atoms with Crippen LogP contribution in [0.3, 0.4) is 0 Å². The van der Waals surface area contributed by atoms with Crippen molar-refractivity contribution in [3.63, 3.8) is 0 Å². The zero-order valence-corrected chi connectivity index (χ0v) is 17.1. The molecule has 2 fully saturated rings. The van der Waals surface area contributed by atoms with Gasteiger partial charge in [0.05, 0.1) is 19.3 Å². The lowest BCUT2D eigenvalue weighted by molar-refractivity contribution is -0.0205. The average Bonchev–Trinajstić information content (AvgIpc) is 2.75. The van der Waals surface area contributed by atoms with E-state index in [1.54, 1.807) is 0 Å². The van der Waals surface area contributed by atoms with Crippen LogP contribution in [-0.2, 0) is 4.74 Å². The maximum atomic E-state index is 9.34. The van der Waals surface area contributed by atoms with Gasteiger partial charge in [0, 0.05) is 30.9 Å². The fraction of sp³-hybridized carbons (Fsp3) is 0.727. The van der Waals surface area contributed by atoms with Crippen LogP contribution >= 0.6 is 0 Å². The molecule has 0 bridgehead atoms. The van der Waals surface area contributed by atoms with Gasteiger partial charge in [-0.1, -0.05) is 37.5 Å². The van der Waals surface area contributed by atoms with Crippen molar-refractivity contribution in [2.45, 2.75) is 76.0 Å². The van der Waals surface area contributed by atoms with E-state index in [9.17, 15) is 5.11 Å². The van der Waals surface area contributed by atoms with Crippen LogP contribution in [0.4, 0.5) is 5.69 Å². The van der Waals surface area contributed by atoms with Crippen molar-refractivity contribution in [2.75, 3.05) is 31.7 Å². The third-order valence-corrected chi connectivity index (χ3v) is 6.16. The van der Waals surface area contributed by atoms with Gasteiger partial charge in [-0.2, -0.15) is 0 Å². The molecule has 6 nitrogen and oxygen atoms in total. The number of hydrogen-bond donors (Lipinski definition) is 3. The second-order valence-electron chi connectivity index (χ2n) is 8.24. The first-order valence-corrected chi connectivity index (χ1v) is 11.1. The molecule has 2 saturated carbocycles. The van der Waals surface area contributed by atoms with Crippen LogP contribution < -0.4 is 11.3 Å². The zero-order chi connectivity index (χ0) is 19.6. The van der Waals surface area contributed by atoms with E-state index in [-0.39, 0.29) is 6.61 Å². The maximum Gasteiger partial charge on any atom is 0.0615 e. The van der Waals surface area contributed by atoms with E-state index < -0.39 is 0 Å². The van der Waals surface area contributed by atoms with Crippen LogP contribution in [-0.4, -0.2) is 59.6 Å². The summed E-state index contributed by atoms with van der Waals surface area (Å²) >= 11 is 0. The summed E-state index contributed by atoms with van der Waals surface area (Å²) in [5, 5.41) is 13.5. The van der Waals surface area contributed by atoms with Crippen molar-refractivity contribution < 1.29 is 9.84 Å². The van der Waals surface area contributed by atoms with Gasteiger partial charge in [-0.3, -0.25) is 5.84 Å². The van der Waals surface area contributed by atoms with E-state index in [1.807, 2.05) is 35.3 Å². The van der Waals surface area contributed by atoms with Crippen LogP contribution in [0.2, 0.25) is 0 Å². The number of rotatable bonds is 10. The van der Waals surface area contributed by atoms with Gasteiger partial charge in [0.15, 0.2) is 0 Å². The quantitative estimate of drug-likeness (QED) is 0.421. The first-order chi connectivity index (χ1) is 13.8. The monoisotopic (exact) mass is 390 g/mol. The Hall–Kier alpha value is -1.18. The van der Waals surface area contributed by atoms with Crippen molar-refractivity contribution in [1.29, 1.82) is 0 Å². The van der Waals surface area contributed by atoms with Crippen molar-refractivity contribution in [3.8, 4) is 0 Å². The average molecular weight is 391 g/mol. The molecule has 1 aromatic rings. The van der Waals surface area contributed by atoms with Crippen LogP contribution in [0.25, 0.3) is 0 Å². The summed E-state index contributed by atoms with van der Waals surface area (Å²) in [5.74, 6) is 6.52. The Morgan fingerprint density at radius 3 is 2.46 bits per heavy atom. The summed E-state index contributed by atoms with van der Waals surface area (Å²) in [4.78, 5) is 0. The van der Waals surface area contributed by atoms with Gasteiger partial charge in [0.25, 0.3) is 0 Å². The molecule has 0 aliphatic heterocycles. The second kappa shape index (κ2) is 11.7. The van der Waals surface area contributed by atoms with Crippen LogP contribution in [0.5, 0.6) is 0 Å². The van der Waals surface area contributed by atoms with E-state index in [0.29, 0.717) is 31.3 Å². The molecular formula is C22H38N4O2. The topological polar surface area (TPSA) is 74.0 Å². The Morgan fingerprint density at radius 2 is 1.71 bits per heavy atom. The third-order valence-electron chi connectivity index (χ3n) is 6.16. The van der Waals surface area contributed by atoms with E-state index in [4.69, 9.17) is 10.6 Å². The number of hydrazine groups is 2. The Bertz CT molecular complexity index is 539. The lowest BCUT2D eigenvalue weighted by Crippen LogP contribution is -2.51. The van der Waals surface area contributed by atoms with E-state index in [2.05, 4.69) is 10.4 Å². The molecule has 2 atom stereocenters. The first-order valence-electron chi connectivity index (χ1n) is 11.1. The minimum absolute atomic E-state index is 0.120. The molecule has 0 aromatic heterocycles. The lowest BCUT2D eigenvalue weighted by Gasteiger charge is -2.40. The molecule has 3 rings (SSSR count). The summed E-state index contributed by atoms with van der Waals surface area (Å²) in [6.45, 7) is 2.09. The molecule has 2 aliphatic carbocycles. The predicted octanol–water partition coefficient (Wildman–Crippen LogP) is 3.14. The third kappa shape index (κ3) is 6.71. The smallest absolute Gasteiger partial charge is 0.0615 e. The molecule has 0 saturated heterocycles. The Kier molecular flexibility index (Phi) is 9.02. The SMILES string of the molecule is NN(C1CCCCC1)C1CCCC(OCCN(CCO)Nc2ccccc2)C1. The highest BCUT2D eigenvalue weighted by Gasteiger charge is 2.30. The normalized spacial score (nSPS) is 24.0. The van der Waals surface area contributed by atoms with Crippen molar-refractivity contribution in [1.82, 2.24) is 10.0 Å². The molecular weight excluding hydrogens is 352 g/mol.